The summed E-state index contributed by atoms with van der Waals surface area (Å²) in [5.74, 6) is 2.02. The monoisotopic (exact) mass is 314 g/mol. The Kier molecular flexibility index (Phi) is 3.77. The van der Waals surface area contributed by atoms with Crippen molar-refractivity contribution >= 4 is 11.7 Å². The second-order valence-electron chi connectivity index (χ2n) is 5.45. The van der Waals surface area contributed by atoms with Crippen LogP contribution in [0.2, 0.25) is 0 Å². The molecule has 0 bridgehead atoms. The van der Waals surface area contributed by atoms with Crippen molar-refractivity contribution in [3.05, 3.63) is 56.2 Å². The van der Waals surface area contributed by atoms with Gasteiger partial charge in [-0.15, -0.1) is 0 Å². The Morgan fingerprint density at radius 3 is 2.52 bits per heavy atom. The Balaban J connectivity index is 1.84. The number of fused-ring (bicyclic) bond motifs is 1. The molecule has 0 amide bonds. The summed E-state index contributed by atoms with van der Waals surface area (Å²) in [5.41, 5.74) is 0.990. The van der Waals surface area contributed by atoms with Gasteiger partial charge in [0.05, 0.1) is 19.2 Å². The Labute approximate surface area is 132 Å². The molecule has 0 saturated carbocycles. The van der Waals surface area contributed by atoms with Crippen LogP contribution in [0, 0.1) is 0 Å². The minimum atomic E-state index is -0.349. The van der Waals surface area contributed by atoms with E-state index in [-0.39, 0.29) is 11.2 Å². The highest BCUT2D eigenvalue weighted by atomic mass is 16.5. The molecule has 7 nitrogen and oxygen atoms in total. The second kappa shape index (κ2) is 5.75. The summed E-state index contributed by atoms with van der Waals surface area (Å²) in [6, 6.07) is 7.65. The first-order chi connectivity index (χ1) is 11.0. The zero-order chi connectivity index (χ0) is 16.6. The number of ether oxygens (including phenoxy) is 1. The maximum Gasteiger partial charge on any atom is 0.332 e. The van der Waals surface area contributed by atoms with Gasteiger partial charge in [-0.3, -0.25) is 18.9 Å². The van der Waals surface area contributed by atoms with Gasteiger partial charge in [0.2, 0.25) is 0 Å². The molecule has 0 aliphatic carbocycles. The summed E-state index contributed by atoms with van der Waals surface area (Å²) in [6.07, 6.45) is 0.409. The maximum atomic E-state index is 12.2. The van der Waals surface area contributed by atoms with Crippen molar-refractivity contribution in [3.63, 3.8) is 0 Å². The lowest BCUT2D eigenvalue weighted by molar-refractivity contribution is 0.414. The van der Waals surface area contributed by atoms with Crippen molar-refractivity contribution in [1.29, 1.82) is 0 Å². The number of nitrogens with one attached hydrogen (secondary N) is 1. The summed E-state index contributed by atoms with van der Waals surface area (Å²) >= 11 is 0. The number of hydrogen-bond donors (Lipinski definition) is 1. The van der Waals surface area contributed by atoms with Crippen LogP contribution in [0.25, 0.3) is 0 Å². The summed E-state index contributed by atoms with van der Waals surface area (Å²) in [5, 5.41) is 3.08. The number of nitrogens with zero attached hydrogens (tertiary/aromatic N) is 3. The highest BCUT2D eigenvalue weighted by Gasteiger charge is 2.24. The van der Waals surface area contributed by atoms with Crippen LogP contribution in [-0.4, -0.2) is 22.1 Å². The summed E-state index contributed by atoms with van der Waals surface area (Å²) in [6.45, 7) is 0.495. The van der Waals surface area contributed by atoms with E-state index in [9.17, 15) is 9.59 Å². The van der Waals surface area contributed by atoms with Gasteiger partial charge in [-0.1, -0.05) is 12.1 Å². The fourth-order valence-electron chi connectivity index (χ4n) is 2.59. The van der Waals surface area contributed by atoms with E-state index < -0.39 is 0 Å². The first-order valence-corrected chi connectivity index (χ1v) is 7.23. The standard InChI is InChI=1S/C16H18N4O3/c1-19-14-12(15(21)20(2)16(19)22)8-13(18-14)17-9-10-4-6-11(23-3)7-5-10/h4-7H,8-9H2,1-3H3,(H,17,18). The molecule has 0 fully saturated rings. The maximum absolute atomic E-state index is 12.2. The zero-order valence-corrected chi connectivity index (χ0v) is 13.3. The Morgan fingerprint density at radius 2 is 1.87 bits per heavy atom. The predicted molar refractivity (Wildman–Crippen MR) is 88.4 cm³/mol. The van der Waals surface area contributed by atoms with Gasteiger partial charge in [0.25, 0.3) is 5.56 Å². The summed E-state index contributed by atoms with van der Waals surface area (Å²) < 4.78 is 7.68. The van der Waals surface area contributed by atoms with E-state index >= 15 is 0 Å². The summed E-state index contributed by atoms with van der Waals surface area (Å²) in [4.78, 5) is 28.6. The first-order valence-electron chi connectivity index (χ1n) is 7.23. The molecule has 1 aliphatic heterocycles. The van der Waals surface area contributed by atoms with Crippen LogP contribution in [0.1, 0.15) is 11.1 Å². The smallest absolute Gasteiger partial charge is 0.332 e. The van der Waals surface area contributed by atoms with Gasteiger partial charge in [0, 0.05) is 20.5 Å². The molecule has 1 aromatic heterocycles. The minimum absolute atomic E-state index is 0.273. The zero-order valence-electron chi connectivity index (χ0n) is 13.3. The summed E-state index contributed by atoms with van der Waals surface area (Å²) in [7, 11) is 4.75. The Bertz CT molecular complexity index is 891. The van der Waals surface area contributed by atoms with Crippen molar-refractivity contribution in [1.82, 2.24) is 9.13 Å². The number of amidine groups is 1. The molecule has 1 aliphatic rings. The fraction of sp³-hybridized carbons (Fsp3) is 0.312. The number of aliphatic imine (C=N–C) groups is 1. The molecule has 1 aromatic carbocycles. The number of aromatic nitrogens is 2. The van der Waals surface area contributed by atoms with Crippen molar-refractivity contribution in [3.8, 4) is 5.75 Å². The van der Waals surface area contributed by atoms with Crippen molar-refractivity contribution < 1.29 is 4.74 Å². The molecule has 2 aromatic rings. The topological polar surface area (TPSA) is 77.6 Å². The largest absolute Gasteiger partial charge is 0.497 e. The predicted octanol–water partition coefficient (Wildman–Crippen LogP) is 0.659. The Hall–Kier alpha value is -2.83. The van der Waals surface area contributed by atoms with E-state index in [0.717, 1.165) is 15.9 Å². The van der Waals surface area contributed by atoms with Crippen LogP contribution in [0.15, 0.2) is 38.8 Å². The highest BCUT2D eigenvalue weighted by Crippen LogP contribution is 2.18. The van der Waals surface area contributed by atoms with Crippen molar-refractivity contribution in [2.24, 2.45) is 19.1 Å². The van der Waals surface area contributed by atoms with Gasteiger partial charge < -0.3 is 10.1 Å². The lowest BCUT2D eigenvalue weighted by Crippen LogP contribution is -2.38. The first kappa shape index (κ1) is 15.1. The lowest BCUT2D eigenvalue weighted by Gasteiger charge is -2.07. The normalized spacial score (nSPS) is 14.7. The fourth-order valence-corrected chi connectivity index (χ4v) is 2.59. The molecule has 0 unspecified atom stereocenters. The molecule has 0 spiro atoms. The van der Waals surface area contributed by atoms with E-state index in [1.54, 1.807) is 14.2 Å². The quantitative estimate of drug-likeness (QED) is 0.903. The minimum Gasteiger partial charge on any atom is -0.497 e. The van der Waals surface area contributed by atoms with Gasteiger partial charge in [0.15, 0.2) is 0 Å². The number of hydrogen-bond acceptors (Lipinski definition) is 4. The van der Waals surface area contributed by atoms with Gasteiger partial charge in [-0.25, -0.2) is 4.79 Å². The van der Waals surface area contributed by atoms with Crippen molar-refractivity contribution in [2.45, 2.75) is 13.0 Å². The lowest BCUT2D eigenvalue weighted by atomic mass is 10.2. The van der Waals surface area contributed by atoms with Gasteiger partial charge in [-0.2, -0.15) is 0 Å². The molecule has 2 heterocycles. The molecule has 0 atom stereocenters. The molecule has 3 rings (SSSR count). The number of rotatable bonds is 3. The van der Waals surface area contributed by atoms with E-state index in [0.29, 0.717) is 30.2 Å². The third-order valence-electron chi connectivity index (χ3n) is 3.98. The molecule has 0 radical (unpaired) electrons. The average molecular weight is 314 g/mol. The molecule has 0 saturated heterocycles. The van der Waals surface area contributed by atoms with E-state index in [2.05, 4.69) is 10.3 Å². The second-order valence-corrected chi connectivity index (χ2v) is 5.45. The average Bonchev–Trinajstić information content (AvgIpc) is 3.01. The SMILES string of the molecule is COc1ccc(CN=C2Cc3c(n(C)c(=O)n(C)c3=O)N2)cc1. The highest BCUT2D eigenvalue weighted by molar-refractivity contribution is 6.01. The van der Waals surface area contributed by atoms with Gasteiger partial charge in [0.1, 0.15) is 17.4 Å². The molecule has 120 valence electrons. The Morgan fingerprint density at radius 1 is 1.17 bits per heavy atom. The molecule has 7 heteroatoms. The molecule has 23 heavy (non-hydrogen) atoms. The molecule has 1 N–H and O–H groups in total. The number of anilines is 1. The van der Waals surface area contributed by atoms with Crippen LogP contribution >= 0.6 is 0 Å². The van der Waals surface area contributed by atoms with E-state index in [1.165, 1.54) is 11.6 Å². The van der Waals surface area contributed by atoms with Crippen LogP contribution in [-0.2, 0) is 27.1 Å². The van der Waals surface area contributed by atoms with Crippen molar-refractivity contribution in [2.75, 3.05) is 12.4 Å². The van der Waals surface area contributed by atoms with E-state index in [4.69, 9.17) is 4.74 Å². The molecular weight excluding hydrogens is 296 g/mol. The van der Waals surface area contributed by atoms with E-state index in [1.807, 2.05) is 24.3 Å². The van der Waals surface area contributed by atoms with Crippen LogP contribution in [0.4, 0.5) is 5.82 Å². The van der Waals surface area contributed by atoms with Gasteiger partial charge >= 0.3 is 5.69 Å². The molecular formula is C16H18N4O3. The third-order valence-corrected chi connectivity index (χ3v) is 3.98. The van der Waals surface area contributed by atoms with Crippen LogP contribution < -0.4 is 21.3 Å². The third kappa shape index (κ3) is 2.65. The van der Waals surface area contributed by atoms with Crippen LogP contribution in [0.3, 0.4) is 0 Å². The van der Waals surface area contributed by atoms with Crippen LogP contribution in [0.5, 0.6) is 5.75 Å². The number of methoxy groups -OCH3 is 1. The van der Waals surface area contributed by atoms with Gasteiger partial charge in [-0.05, 0) is 17.7 Å². The number of benzene rings is 1.